The Kier molecular flexibility index (Phi) is 4.02. The van der Waals surface area contributed by atoms with Gasteiger partial charge in [0.1, 0.15) is 5.82 Å². The molecule has 0 aromatic heterocycles. The number of benzene rings is 1. The summed E-state index contributed by atoms with van der Waals surface area (Å²) in [4.78, 5) is 16.0. The van der Waals surface area contributed by atoms with E-state index in [-0.39, 0.29) is 11.5 Å². The molecule has 1 unspecified atom stereocenters. The smallest absolute Gasteiger partial charge is 0.256 e. The molecule has 98 valence electrons. The van der Waals surface area contributed by atoms with Gasteiger partial charge in [0.15, 0.2) is 0 Å². The van der Waals surface area contributed by atoms with Crippen molar-refractivity contribution in [1.82, 2.24) is 9.80 Å². The molecule has 2 rings (SSSR count). The van der Waals surface area contributed by atoms with Crippen LogP contribution in [0.25, 0.3) is 0 Å². The zero-order chi connectivity index (χ0) is 13.3. The molecule has 0 aliphatic carbocycles. The van der Waals surface area contributed by atoms with Gasteiger partial charge in [0, 0.05) is 23.6 Å². The van der Waals surface area contributed by atoms with E-state index in [1.807, 2.05) is 14.1 Å². The van der Waals surface area contributed by atoms with Crippen molar-refractivity contribution in [2.24, 2.45) is 0 Å². The number of halogens is 2. The first-order chi connectivity index (χ1) is 8.49. The second kappa shape index (κ2) is 5.36. The molecule has 5 heteroatoms. The Balaban J connectivity index is 2.13. The Morgan fingerprint density at radius 2 is 2.22 bits per heavy atom. The number of carbonyl (C=O) groups excluding carboxylic acids is 1. The minimum atomic E-state index is -0.470. The van der Waals surface area contributed by atoms with E-state index in [0.29, 0.717) is 23.6 Å². The van der Waals surface area contributed by atoms with Crippen molar-refractivity contribution in [3.63, 3.8) is 0 Å². The molecule has 1 aromatic rings. The maximum absolute atomic E-state index is 13.7. The summed E-state index contributed by atoms with van der Waals surface area (Å²) in [6.45, 7) is 1.36. The summed E-state index contributed by atoms with van der Waals surface area (Å²) >= 11 is 3.19. The largest absolute Gasteiger partial charge is 0.337 e. The zero-order valence-corrected chi connectivity index (χ0v) is 12.1. The minimum Gasteiger partial charge on any atom is -0.337 e. The molecule has 1 aliphatic heterocycles. The van der Waals surface area contributed by atoms with Crippen LogP contribution in [0.1, 0.15) is 16.8 Å². The van der Waals surface area contributed by atoms with E-state index in [4.69, 9.17) is 0 Å². The normalized spacial score (nSPS) is 19.6. The highest BCUT2D eigenvalue weighted by atomic mass is 79.9. The van der Waals surface area contributed by atoms with Crippen LogP contribution in [0, 0.1) is 5.82 Å². The maximum Gasteiger partial charge on any atom is 0.256 e. The third kappa shape index (κ3) is 2.72. The average molecular weight is 315 g/mol. The molecule has 1 saturated heterocycles. The van der Waals surface area contributed by atoms with Gasteiger partial charge in [-0.3, -0.25) is 4.79 Å². The van der Waals surface area contributed by atoms with Gasteiger partial charge in [-0.15, -0.1) is 0 Å². The number of carbonyl (C=O) groups is 1. The van der Waals surface area contributed by atoms with Gasteiger partial charge in [0.05, 0.1) is 5.56 Å². The van der Waals surface area contributed by atoms with Gasteiger partial charge >= 0.3 is 0 Å². The molecular formula is C13H16BrFN2O. The Hall–Kier alpha value is -0.940. The lowest BCUT2D eigenvalue weighted by atomic mass is 10.2. The summed E-state index contributed by atoms with van der Waals surface area (Å²) in [5.41, 5.74) is 0.151. The number of likely N-dealkylation sites (N-methyl/N-ethyl adjacent to an activating group) is 1. The fourth-order valence-corrected chi connectivity index (χ4v) is 2.51. The molecule has 3 nitrogen and oxygen atoms in total. The zero-order valence-electron chi connectivity index (χ0n) is 10.5. The summed E-state index contributed by atoms with van der Waals surface area (Å²) in [5, 5.41) is 0. The van der Waals surface area contributed by atoms with E-state index in [1.54, 1.807) is 11.0 Å². The van der Waals surface area contributed by atoms with Crippen molar-refractivity contribution >= 4 is 21.8 Å². The SMILES string of the molecule is CN(C)C1CCN(C(=O)c2ccc(Br)cc2F)C1. The van der Waals surface area contributed by atoms with Crippen molar-refractivity contribution in [2.45, 2.75) is 12.5 Å². The molecule has 1 aliphatic rings. The van der Waals surface area contributed by atoms with Crippen LogP contribution >= 0.6 is 15.9 Å². The molecular weight excluding hydrogens is 299 g/mol. The fraction of sp³-hybridized carbons (Fsp3) is 0.462. The molecule has 0 spiro atoms. The van der Waals surface area contributed by atoms with Gasteiger partial charge in [0.2, 0.25) is 0 Å². The van der Waals surface area contributed by atoms with E-state index in [0.717, 1.165) is 6.42 Å². The molecule has 18 heavy (non-hydrogen) atoms. The van der Waals surface area contributed by atoms with Gasteiger partial charge in [-0.2, -0.15) is 0 Å². The van der Waals surface area contributed by atoms with Crippen LogP contribution in [0.3, 0.4) is 0 Å². The minimum absolute atomic E-state index is 0.151. The molecule has 1 amide bonds. The van der Waals surface area contributed by atoms with Gasteiger partial charge in [-0.05, 0) is 38.7 Å². The molecule has 1 fully saturated rings. The van der Waals surface area contributed by atoms with Gasteiger partial charge < -0.3 is 9.80 Å². The molecule has 0 radical (unpaired) electrons. The Morgan fingerprint density at radius 3 is 2.78 bits per heavy atom. The Bertz CT molecular complexity index is 464. The Morgan fingerprint density at radius 1 is 1.50 bits per heavy atom. The summed E-state index contributed by atoms with van der Waals surface area (Å²) in [7, 11) is 4.00. The van der Waals surface area contributed by atoms with Crippen LogP contribution in [0.5, 0.6) is 0 Å². The maximum atomic E-state index is 13.7. The molecule has 1 atom stereocenters. The summed E-state index contributed by atoms with van der Waals surface area (Å²) < 4.78 is 14.4. The number of hydrogen-bond acceptors (Lipinski definition) is 2. The van der Waals surface area contributed by atoms with Crippen LogP contribution in [-0.2, 0) is 0 Å². The highest BCUT2D eigenvalue weighted by molar-refractivity contribution is 9.10. The molecule has 1 aromatic carbocycles. The number of hydrogen-bond donors (Lipinski definition) is 0. The number of likely N-dealkylation sites (tertiary alicyclic amines) is 1. The number of amides is 1. The quantitative estimate of drug-likeness (QED) is 0.836. The molecule has 0 saturated carbocycles. The number of rotatable bonds is 2. The van der Waals surface area contributed by atoms with E-state index < -0.39 is 5.82 Å². The second-order valence-electron chi connectivity index (χ2n) is 4.78. The monoisotopic (exact) mass is 314 g/mol. The molecule has 0 bridgehead atoms. The third-order valence-electron chi connectivity index (χ3n) is 3.34. The summed E-state index contributed by atoms with van der Waals surface area (Å²) in [6, 6.07) is 4.92. The van der Waals surface area contributed by atoms with Crippen molar-refractivity contribution in [3.8, 4) is 0 Å². The van der Waals surface area contributed by atoms with Crippen molar-refractivity contribution in [1.29, 1.82) is 0 Å². The van der Waals surface area contributed by atoms with E-state index in [1.165, 1.54) is 12.1 Å². The van der Waals surface area contributed by atoms with Crippen molar-refractivity contribution < 1.29 is 9.18 Å². The summed E-state index contributed by atoms with van der Waals surface area (Å²) in [6.07, 6.45) is 0.941. The second-order valence-corrected chi connectivity index (χ2v) is 5.70. The van der Waals surface area contributed by atoms with Crippen LogP contribution in [0.2, 0.25) is 0 Å². The number of nitrogens with zero attached hydrogens (tertiary/aromatic N) is 2. The third-order valence-corrected chi connectivity index (χ3v) is 3.84. The standard InChI is InChI=1S/C13H16BrFN2O/c1-16(2)10-5-6-17(8-10)13(18)11-4-3-9(14)7-12(11)15/h3-4,7,10H,5-6,8H2,1-2H3. The van der Waals surface area contributed by atoms with E-state index in [2.05, 4.69) is 20.8 Å². The lowest BCUT2D eigenvalue weighted by molar-refractivity contribution is 0.0778. The molecule has 0 N–H and O–H groups in total. The van der Waals surface area contributed by atoms with Crippen molar-refractivity contribution in [2.75, 3.05) is 27.2 Å². The first kappa shape index (κ1) is 13.5. The fourth-order valence-electron chi connectivity index (χ4n) is 2.18. The lowest BCUT2D eigenvalue weighted by Gasteiger charge is -2.20. The summed E-state index contributed by atoms with van der Waals surface area (Å²) in [5.74, 6) is -0.688. The lowest BCUT2D eigenvalue weighted by Crippen LogP contribution is -2.34. The van der Waals surface area contributed by atoms with E-state index >= 15 is 0 Å². The van der Waals surface area contributed by atoms with E-state index in [9.17, 15) is 9.18 Å². The topological polar surface area (TPSA) is 23.6 Å². The first-order valence-corrected chi connectivity index (χ1v) is 6.69. The average Bonchev–Trinajstić information content (AvgIpc) is 2.77. The van der Waals surface area contributed by atoms with Crippen LogP contribution in [0.15, 0.2) is 22.7 Å². The van der Waals surface area contributed by atoms with Crippen LogP contribution in [-0.4, -0.2) is 48.9 Å². The molecule has 1 heterocycles. The highest BCUT2D eigenvalue weighted by Gasteiger charge is 2.29. The van der Waals surface area contributed by atoms with Gasteiger partial charge in [0.25, 0.3) is 5.91 Å². The highest BCUT2D eigenvalue weighted by Crippen LogP contribution is 2.20. The predicted octanol–water partition coefficient (Wildman–Crippen LogP) is 2.36. The van der Waals surface area contributed by atoms with Gasteiger partial charge in [-0.25, -0.2) is 4.39 Å². The first-order valence-electron chi connectivity index (χ1n) is 5.90. The van der Waals surface area contributed by atoms with Crippen LogP contribution in [0.4, 0.5) is 4.39 Å². The van der Waals surface area contributed by atoms with Crippen LogP contribution < -0.4 is 0 Å². The predicted molar refractivity (Wildman–Crippen MR) is 72.1 cm³/mol. The van der Waals surface area contributed by atoms with Gasteiger partial charge in [-0.1, -0.05) is 15.9 Å². The Labute approximate surface area is 115 Å². The van der Waals surface area contributed by atoms with Crippen molar-refractivity contribution in [3.05, 3.63) is 34.1 Å².